The molecule has 3 heterocycles. The topological polar surface area (TPSA) is 79.0 Å². The van der Waals surface area contributed by atoms with Crippen molar-refractivity contribution >= 4 is 21.6 Å². The highest BCUT2D eigenvalue weighted by molar-refractivity contribution is 7.89. The van der Waals surface area contributed by atoms with E-state index in [4.69, 9.17) is 4.74 Å². The zero-order chi connectivity index (χ0) is 19.8. The molecule has 7 nitrogen and oxygen atoms in total. The lowest BCUT2D eigenvalue weighted by molar-refractivity contribution is -0.155. The Labute approximate surface area is 167 Å². The summed E-state index contributed by atoms with van der Waals surface area (Å²) >= 11 is 0. The van der Waals surface area contributed by atoms with Crippen molar-refractivity contribution in [1.29, 1.82) is 0 Å². The monoisotopic (exact) mass is 407 g/mol. The van der Waals surface area contributed by atoms with Crippen LogP contribution in [0.4, 0.5) is 5.69 Å². The molecule has 0 aliphatic carbocycles. The van der Waals surface area contributed by atoms with Crippen LogP contribution in [0.25, 0.3) is 0 Å². The molecule has 1 amide bonds. The lowest BCUT2D eigenvalue weighted by atomic mass is 10.0. The van der Waals surface area contributed by atoms with Crippen molar-refractivity contribution in [2.75, 3.05) is 37.7 Å². The molecule has 1 unspecified atom stereocenters. The standard InChI is InChI=1S/C20H29N3O4S/c1-2-3-13-23-18-9-8-16(28(25,26)22-11-5-4-6-12-22)15-17(18)20(19(23)24)21-10-7-14-27-20/h8-9,15,21H,2-7,10-14H2,1H3. The first-order valence-electron chi connectivity index (χ1n) is 10.4. The minimum Gasteiger partial charge on any atom is -0.348 e. The van der Waals surface area contributed by atoms with Gasteiger partial charge in [-0.05, 0) is 43.9 Å². The molecule has 28 heavy (non-hydrogen) atoms. The van der Waals surface area contributed by atoms with Crippen LogP contribution < -0.4 is 10.2 Å². The van der Waals surface area contributed by atoms with Gasteiger partial charge in [-0.25, -0.2) is 8.42 Å². The van der Waals surface area contributed by atoms with E-state index in [-0.39, 0.29) is 10.8 Å². The maximum Gasteiger partial charge on any atom is 0.279 e. The Morgan fingerprint density at radius 3 is 2.64 bits per heavy atom. The van der Waals surface area contributed by atoms with Crippen LogP contribution in [0.3, 0.4) is 0 Å². The predicted molar refractivity (Wildman–Crippen MR) is 107 cm³/mol. The zero-order valence-corrected chi connectivity index (χ0v) is 17.3. The van der Waals surface area contributed by atoms with E-state index in [1.807, 2.05) is 0 Å². The highest BCUT2D eigenvalue weighted by Crippen LogP contribution is 2.43. The molecule has 1 atom stereocenters. The average molecular weight is 408 g/mol. The first-order valence-corrected chi connectivity index (χ1v) is 11.8. The first-order chi connectivity index (χ1) is 13.5. The number of ether oxygens (including phenoxy) is 1. The first kappa shape index (κ1) is 19.8. The summed E-state index contributed by atoms with van der Waals surface area (Å²) in [6.07, 6.45) is 5.53. The highest BCUT2D eigenvalue weighted by Gasteiger charge is 2.53. The van der Waals surface area contributed by atoms with Crippen molar-refractivity contribution < 1.29 is 17.9 Å². The van der Waals surface area contributed by atoms with Crippen LogP contribution in [-0.4, -0.2) is 51.4 Å². The molecule has 0 saturated carbocycles. The number of benzene rings is 1. The Morgan fingerprint density at radius 2 is 1.96 bits per heavy atom. The smallest absolute Gasteiger partial charge is 0.279 e. The van der Waals surface area contributed by atoms with E-state index >= 15 is 0 Å². The van der Waals surface area contributed by atoms with Crippen LogP contribution in [0.5, 0.6) is 0 Å². The third kappa shape index (κ3) is 3.16. The zero-order valence-electron chi connectivity index (χ0n) is 16.4. The largest absolute Gasteiger partial charge is 0.348 e. The molecular weight excluding hydrogens is 378 g/mol. The molecule has 0 bridgehead atoms. The fourth-order valence-corrected chi connectivity index (χ4v) is 5.87. The fraction of sp³-hybridized carbons (Fsp3) is 0.650. The molecule has 1 N–H and O–H groups in total. The number of sulfonamides is 1. The number of fused-ring (bicyclic) bond motifs is 2. The minimum absolute atomic E-state index is 0.136. The Balaban J connectivity index is 1.76. The molecule has 1 aromatic carbocycles. The Bertz CT molecular complexity index is 843. The third-order valence-corrected chi connectivity index (χ3v) is 7.78. The van der Waals surface area contributed by atoms with E-state index in [0.29, 0.717) is 38.3 Å². The molecule has 3 aliphatic rings. The number of carbonyl (C=O) groups excluding carboxylic acids is 1. The van der Waals surface area contributed by atoms with Gasteiger partial charge in [0.15, 0.2) is 0 Å². The second kappa shape index (κ2) is 7.74. The van der Waals surface area contributed by atoms with Crippen molar-refractivity contribution in [1.82, 2.24) is 9.62 Å². The number of hydrogen-bond acceptors (Lipinski definition) is 5. The lowest BCUT2D eigenvalue weighted by Crippen LogP contribution is -2.55. The van der Waals surface area contributed by atoms with Gasteiger partial charge in [-0.3, -0.25) is 10.1 Å². The minimum atomic E-state index is -3.57. The number of carbonyl (C=O) groups is 1. The normalized spacial score (nSPS) is 26.0. The summed E-state index contributed by atoms with van der Waals surface area (Å²) in [7, 11) is -3.57. The van der Waals surface area contributed by atoms with Crippen LogP contribution in [0.2, 0.25) is 0 Å². The molecule has 0 aromatic heterocycles. The Morgan fingerprint density at radius 1 is 1.18 bits per heavy atom. The molecule has 1 spiro atoms. The summed E-state index contributed by atoms with van der Waals surface area (Å²) in [4.78, 5) is 15.3. The number of rotatable bonds is 5. The summed E-state index contributed by atoms with van der Waals surface area (Å²) in [5.74, 6) is -0.136. The third-order valence-electron chi connectivity index (χ3n) is 5.89. The molecule has 2 saturated heterocycles. The van der Waals surface area contributed by atoms with E-state index in [1.165, 1.54) is 0 Å². The molecular formula is C20H29N3O4S. The summed E-state index contributed by atoms with van der Waals surface area (Å²) in [5, 5.41) is 3.24. The molecule has 3 aliphatic heterocycles. The van der Waals surface area contributed by atoms with Crippen molar-refractivity contribution in [3.8, 4) is 0 Å². The van der Waals surface area contributed by atoms with E-state index in [2.05, 4.69) is 12.2 Å². The number of piperidine rings is 1. The SMILES string of the molecule is CCCCN1C(=O)C2(NCCCO2)c2cc(S(=O)(=O)N3CCCCC3)ccc21. The van der Waals surface area contributed by atoms with E-state index in [0.717, 1.165) is 44.2 Å². The van der Waals surface area contributed by atoms with Crippen molar-refractivity contribution in [2.24, 2.45) is 0 Å². The van der Waals surface area contributed by atoms with Gasteiger partial charge in [0.05, 0.1) is 17.2 Å². The molecule has 1 aromatic rings. The van der Waals surface area contributed by atoms with Crippen LogP contribution in [0, 0.1) is 0 Å². The summed E-state index contributed by atoms with van der Waals surface area (Å²) in [6, 6.07) is 5.06. The second-order valence-corrected chi connectivity index (χ2v) is 9.70. The predicted octanol–water partition coefficient (Wildman–Crippen LogP) is 2.17. The Kier molecular flexibility index (Phi) is 5.48. The molecule has 8 heteroatoms. The number of nitrogens with zero attached hydrogens (tertiary/aromatic N) is 2. The van der Waals surface area contributed by atoms with Gasteiger partial charge in [0.25, 0.3) is 5.91 Å². The van der Waals surface area contributed by atoms with E-state index < -0.39 is 15.7 Å². The maximum absolute atomic E-state index is 13.3. The van der Waals surface area contributed by atoms with Crippen LogP contribution >= 0.6 is 0 Å². The van der Waals surface area contributed by atoms with Gasteiger partial charge in [0.2, 0.25) is 15.7 Å². The summed E-state index contributed by atoms with van der Waals surface area (Å²) in [6.45, 7) is 4.94. The van der Waals surface area contributed by atoms with Gasteiger partial charge in [0, 0.05) is 31.7 Å². The molecule has 154 valence electrons. The number of unbranched alkanes of at least 4 members (excludes halogenated alkanes) is 1. The van der Waals surface area contributed by atoms with E-state index in [9.17, 15) is 13.2 Å². The van der Waals surface area contributed by atoms with Crippen LogP contribution in [-0.2, 0) is 25.3 Å². The number of nitrogens with one attached hydrogen (secondary N) is 1. The van der Waals surface area contributed by atoms with Gasteiger partial charge in [-0.2, -0.15) is 4.31 Å². The second-order valence-electron chi connectivity index (χ2n) is 7.76. The molecule has 0 radical (unpaired) electrons. The summed E-state index contributed by atoms with van der Waals surface area (Å²) in [5.41, 5.74) is 0.131. The Hall–Kier alpha value is -1.48. The van der Waals surface area contributed by atoms with Crippen LogP contribution in [0.1, 0.15) is 51.0 Å². The van der Waals surface area contributed by atoms with Gasteiger partial charge in [0.1, 0.15) is 0 Å². The lowest BCUT2D eigenvalue weighted by Gasteiger charge is -2.34. The van der Waals surface area contributed by atoms with Crippen LogP contribution in [0.15, 0.2) is 23.1 Å². The number of amides is 1. The molecule has 4 rings (SSSR count). The number of hydrogen-bond donors (Lipinski definition) is 1. The quantitative estimate of drug-likeness (QED) is 0.809. The fourth-order valence-electron chi connectivity index (χ4n) is 4.32. The van der Waals surface area contributed by atoms with E-state index in [1.54, 1.807) is 27.4 Å². The van der Waals surface area contributed by atoms with Crippen molar-refractivity contribution in [3.05, 3.63) is 23.8 Å². The van der Waals surface area contributed by atoms with Gasteiger partial charge >= 0.3 is 0 Å². The van der Waals surface area contributed by atoms with Gasteiger partial charge in [-0.1, -0.05) is 19.8 Å². The number of anilines is 1. The van der Waals surface area contributed by atoms with Crippen molar-refractivity contribution in [2.45, 2.75) is 56.1 Å². The van der Waals surface area contributed by atoms with Gasteiger partial charge in [-0.15, -0.1) is 0 Å². The maximum atomic E-state index is 13.3. The van der Waals surface area contributed by atoms with Gasteiger partial charge < -0.3 is 9.64 Å². The highest BCUT2D eigenvalue weighted by atomic mass is 32.2. The summed E-state index contributed by atoms with van der Waals surface area (Å²) < 4.78 is 33.9. The molecule has 2 fully saturated rings. The average Bonchev–Trinajstić information content (AvgIpc) is 2.95. The van der Waals surface area contributed by atoms with Crippen molar-refractivity contribution in [3.63, 3.8) is 0 Å².